The van der Waals surface area contributed by atoms with E-state index in [2.05, 4.69) is 25.1 Å². The lowest BCUT2D eigenvalue weighted by Gasteiger charge is -2.26. The lowest BCUT2D eigenvalue weighted by atomic mass is 10.3. The highest BCUT2D eigenvalue weighted by Crippen LogP contribution is 2.07. The minimum atomic E-state index is -0.0624. The summed E-state index contributed by atoms with van der Waals surface area (Å²) in [5.41, 5.74) is 0.703. The molecule has 0 radical (unpaired) electrons. The van der Waals surface area contributed by atoms with Crippen LogP contribution >= 0.6 is 11.5 Å². The van der Waals surface area contributed by atoms with Crippen molar-refractivity contribution in [3.8, 4) is 0 Å². The van der Waals surface area contributed by atoms with Gasteiger partial charge >= 0.3 is 0 Å². The Balaban J connectivity index is 1.71. The van der Waals surface area contributed by atoms with Crippen LogP contribution < -0.4 is 10.6 Å². The van der Waals surface area contributed by atoms with Crippen molar-refractivity contribution in [2.24, 2.45) is 0 Å². The van der Waals surface area contributed by atoms with Gasteiger partial charge in [-0.1, -0.05) is 4.49 Å². The average Bonchev–Trinajstić information content (AvgIpc) is 2.77. The fraction of sp³-hybridized carbons (Fsp3) is 0.700. The van der Waals surface area contributed by atoms with Gasteiger partial charge in [0.25, 0.3) is 5.91 Å². The van der Waals surface area contributed by atoms with Crippen molar-refractivity contribution in [2.75, 3.05) is 39.3 Å². The molecule has 0 spiro atoms. The highest BCUT2D eigenvalue weighted by molar-refractivity contribution is 7.07. The van der Waals surface area contributed by atoms with Crippen molar-refractivity contribution in [1.82, 2.24) is 25.1 Å². The number of amides is 1. The molecule has 0 atom stereocenters. The first-order valence-corrected chi connectivity index (χ1v) is 6.55. The van der Waals surface area contributed by atoms with E-state index in [-0.39, 0.29) is 5.91 Å². The van der Waals surface area contributed by atoms with Crippen LogP contribution in [0.15, 0.2) is 0 Å². The Morgan fingerprint density at radius 1 is 1.53 bits per heavy atom. The highest BCUT2D eigenvalue weighted by Gasteiger charge is 2.13. The molecule has 6 nitrogen and oxygen atoms in total. The number of hydrogen-bond acceptors (Lipinski definition) is 6. The van der Waals surface area contributed by atoms with Crippen LogP contribution in [0.25, 0.3) is 0 Å². The van der Waals surface area contributed by atoms with Gasteiger partial charge in [-0.05, 0) is 18.5 Å². The second kappa shape index (κ2) is 6.04. The molecule has 1 aromatic rings. The fourth-order valence-electron chi connectivity index (χ4n) is 1.78. The number of piperazine rings is 1. The number of nitrogens with one attached hydrogen (secondary N) is 2. The second-order valence-corrected chi connectivity index (χ2v) is 4.79. The summed E-state index contributed by atoms with van der Waals surface area (Å²) < 4.78 is 3.75. The van der Waals surface area contributed by atoms with Crippen LogP contribution in [-0.4, -0.2) is 59.7 Å². The van der Waals surface area contributed by atoms with Crippen molar-refractivity contribution >= 4 is 17.4 Å². The predicted octanol–water partition coefficient (Wildman–Crippen LogP) is -0.518. The Morgan fingerprint density at radius 3 is 2.94 bits per heavy atom. The van der Waals surface area contributed by atoms with Gasteiger partial charge in [-0.15, -0.1) is 5.10 Å². The zero-order chi connectivity index (χ0) is 12.1. The minimum Gasteiger partial charge on any atom is -0.350 e. The maximum atomic E-state index is 11.8. The van der Waals surface area contributed by atoms with Gasteiger partial charge in [0, 0.05) is 39.3 Å². The van der Waals surface area contributed by atoms with Crippen molar-refractivity contribution in [3.63, 3.8) is 0 Å². The summed E-state index contributed by atoms with van der Waals surface area (Å²) in [7, 11) is 0. The van der Waals surface area contributed by atoms with E-state index in [1.807, 2.05) is 0 Å². The van der Waals surface area contributed by atoms with Crippen LogP contribution in [0.3, 0.4) is 0 Å². The van der Waals surface area contributed by atoms with E-state index in [9.17, 15) is 4.79 Å². The molecule has 1 amide bonds. The molecule has 94 valence electrons. The molecule has 1 aromatic heterocycles. The molecule has 17 heavy (non-hydrogen) atoms. The van der Waals surface area contributed by atoms with Crippen molar-refractivity contribution < 1.29 is 4.79 Å². The van der Waals surface area contributed by atoms with Gasteiger partial charge in [0.05, 0.1) is 5.69 Å². The summed E-state index contributed by atoms with van der Waals surface area (Å²) in [6.07, 6.45) is 0. The van der Waals surface area contributed by atoms with Crippen LogP contribution in [0, 0.1) is 6.92 Å². The van der Waals surface area contributed by atoms with E-state index in [0.717, 1.165) is 44.3 Å². The maximum absolute atomic E-state index is 11.8. The van der Waals surface area contributed by atoms with E-state index in [0.29, 0.717) is 17.1 Å². The van der Waals surface area contributed by atoms with Crippen LogP contribution in [0.1, 0.15) is 15.4 Å². The van der Waals surface area contributed by atoms with E-state index in [1.165, 1.54) is 0 Å². The first kappa shape index (κ1) is 12.4. The van der Waals surface area contributed by atoms with Crippen molar-refractivity contribution in [1.29, 1.82) is 0 Å². The smallest absolute Gasteiger partial charge is 0.264 e. The summed E-state index contributed by atoms with van der Waals surface area (Å²) in [5, 5.41) is 10.0. The molecular weight excluding hydrogens is 238 g/mol. The quantitative estimate of drug-likeness (QED) is 0.758. The topological polar surface area (TPSA) is 70.2 Å². The molecule has 1 fully saturated rings. The molecule has 1 aliphatic heterocycles. The minimum absolute atomic E-state index is 0.0624. The highest BCUT2D eigenvalue weighted by atomic mass is 32.1. The number of aryl methyl sites for hydroxylation is 1. The van der Waals surface area contributed by atoms with E-state index in [1.54, 1.807) is 6.92 Å². The molecule has 2 N–H and O–H groups in total. The fourth-order valence-corrected chi connectivity index (χ4v) is 2.36. The number of carbonyl (C=O) groups is 1. The molecule has 0 saturated carbocycles. The van der Waals surface area contributed by atoms with E-state index < -0.39 is 0 Å². The zero-order valence-corrected chi connectivity index (χ0v) is 10.7. The largest absolute Gasteiger partial charge is 0.350 e. The standard InChI is InChI=1S/C10H17N5OS/c1-8-9(17-14-13-8)10(16)12-4-7-15-5-2-11-3-6-15/h11H,2-7H2,1H3,(H,12,16). The monoisotopic (exact) mass is 255 g/mol. The van der Waals surface area contributed by atoms with Gasteiger partial charge in [-0.2, -0.15) is 0 Å². The Bertz CT molecular complexity index is 375. The van der Waals surface area contributed by atoms with Gasteiger partial charge in [0.15, 0.2) is 0 Å². The molecule has 2 heterocycles. The van der Waals surface area contributed by atoms with Crippen LogP contribution in [0.4, 0.5) is 0 Å². The van der Waals surface area contributed by atoms with E-state index >= 15 is 0 Å². The Kier molecular flexibility index (Phi) is 4.41. The molecule has 1 saturated heterocycles. The van der Waals surface area contributed by atoms with Crippen LogP contribution in [0.5, 0.6) is 0 Å². The van der Waals surface area contributed by atoms with Gasteiger partial charge in [0.2, 0.25) is 0 Å². The van der Waals surface area contributed by atoms with Gasteiger partial charge < -0.3 is 10.6 Å². The summed E-state index contributed by atoms with van der Waals surface area (Å²) in [4.78, 5) is 14.7. The van der Waals surface area contributed by atoms with Gasteiger partial charge in [-0.25, -0.2) is 0 Å². The third kappa shape index (κ3) is 3.45. The SMILES string of the molecule is Cc1nnsc1C(=O)NCCN1CCNCC1. The number of carbonyl (C=O) groups excluding carboxylic acids is 1. The molecule has 1 aliphatic rings. The van der Waals surface area contributed by atoms with E-state index in [4.69, 9.17) is 0 Å². The third-order valence-corrected chi connectivity index (χ3v) is 3.61. The summed E-state index contributed by atoms with van der Waals surface area (Å²) in [6, 6.07) is 0. The number of aromatic nitrogens is 2. The number of nitrogens with zero attached hydrogens (tertiary/aromatic N) is 3. The molecular formula is C10H17N5OS. The summed E-state index contributed by atoms with van der Waals surface area (Å²) in [6.45, 7) is 7.55. The lowest BCUT2D eigenvalue weighted by Crippen LogP contribution is -2.46. The molecule has 0 aliphatic carbocycles. The van der Waals surface area contributed by atoms with Crippen LogP contribution in [0.2, 0.25) is 0 Å². The Morgan fingerprint density at radius 2 is 2.29 bits per heavy atom. The van der Waals surface area contributed by atoms with Crippen LogP contribution in [-0.2, 0) is 0 Å². The number of rotatable bonds is 4. The molecule has 0 aromatic carbocycles. The zero-order valence-electron chi connectivity index (χ0n) is 9.90. The summed E-state index contributed by atoms with van der Waals surface area (Å²) in [5.74, 6) is -0.0624. The molecule has 0 unspecified atom stereocenters. The lowest BCUT2D eigenvalue weighted by molar-refractivity contribution is 0.0950. The third-order valence-electron chi connectivity index (χ3n) is 2.78. The predicted molar refractivity (Wildman–Crippen MR) is 66.3 cm³/mol. The average molecular weight is 255 g/mol. The van der Waals surface area contributed by atoms with Gasteiger partial charge in [-0.3, -0.25) is 9.69 Å². The maximum Gasteiger partial charge on any atom is 0.264 e. The second-order valence-electron chi connectivity index (χ2n) is 4.04. The number of hydrogen-bond donors (Lipinski definition) is 2. The first-order chi connectivity index (χ1) is 8.27. The molecule has 0 bridgehead atoms. The van der Waals surface area contributed by atoms with Crippen molar-refractivity contribution in [2.45, 2.75) is 6.92 Å². The summed E-state index contributed by atoms with van der Waals surface area (Å²) >= 11 is 1.15. The van der Waals surface area contributed by atoms with Gasteiger partial charge in [0.1, 0.15) is 4.88 Å². The Hall–Kier alpha value is -1.05. The first-order valence-electron chi connectivity index (χ1n) is 5.77. The van der Waals surface area contributed by atoms with Crippen molar-refractivity contribution in [3.05, 3.63) is 10.6 Å². The molecule has 7 heteroatoms. The normalized spacial score (nSPS) is 17.0. The Labute approximate surface area is 105 Å². The molecule has 2 rings (SSSR count).